The molecule has 2 saturated heterocycles. The molecule has 3 unspecified atom stereocenters. The Balaban J connectivity index is 1.47. The van der Waals surface area contributed by atoms with E-state index in [1.807, 2.05) is 0 Å². The Morgan fingerprint density at radius 2 is 2.00 bits per heavy atom. The zero-order chi connectivity index (χ0) is 12.8. The fourth-order valence-electron chi connectivity index (χ4n) is 3.69. The smallest absolute Gasteiger partial charge is 0.117 e. The highest BCUT2D eigenvalue weighted by Gasteiger charge is 2.51. The van der Waals surface area contributed by atoms with E-state index in [9.17, 15) is 4.39 Å². The Morgan fingerprint density at radius 1 is 1.28 bits per heavy atom. The second-order valence-corrected chi connectivity index (χ2v) is 6.81. The normalized spacial score (nSPS) is 39.7. The van der Waals surface area contributed by atoms with E-state index >= 15 is 0 Å². The van der Waals surface area contributed by atoms with Gasteiger partial charge in [-0.25, -0.2) is 4.39 Å². The second-order valence-electron chi connectivity index (χ2n) is 6.81. The number of alkyl halides is 1. The summed E-state index contributed by atoms with van der Waals surface area (Å²) in [6, 6.07) is 0.921. The Labute approximate surface area is 109 Å². The predicted molar refractivity (Wildman–Crippen MR) is 69.4 cm³/mol. The molecule has 104 valence electrons. The minimum absolute atomic E-state index is 0.0727. The van der Waals surface area contributed by atoms with Crippen LogP contribution in [-0.2, 0) is 4.74 Å². The summed E-state index contributed by atoms with van der Waals surface area (Å²) in [5.41, 5.74) is 0.457. The van der Waals surface area contributed by atoms with Crippen LogP contribution in [-0.4, -0.2) is 55.5 Å². The highest BCUT2D eigenvalue weighted by Crippen LogP contribution is 2.41. The molecule has 4 heteroatoms. The van der Waals surface area contributed by atoms with Crippen molar-refractivity contribution < 1.29 is 9.13 Å². The monoisotopic (exact) mass is 256 g/mol. The lowest BCUT2D eigenvalue weighted by molar-refractivity contribution is -0.202. The minimum Gasteiger partial charge on any atom is -0.380 e. The van der Waals surface area contributed by atoms with Gasteiger partial charge in [0.15, 0.2) is 0 Å². The molecule has 18 heavy (non-hydrogen) atoms. The first kappa shape index (κ1) is 12.8. The summed E-state index contributed by atoms with van der Waals surface area (Å²) in [6.07, 6.45) is 2.15. The van der Waals surface area contributed by atoms with Gasteiger partial charge in [-0.15, -0.1) is 0 Å². The Hall–Kier alpha value is -0.190. The van der Waals surface area contributed by atoms with Crippen LogP contribution in [0.5, 0.6) is 0 Å². The highest BCUT2D eigenvalue weighted by atomic mass is 19.1. The lowest BCUT2D eigenvalue weighted by Gasteiger charge is -2.58. The van der Waals surface area contributed by atoms with Gasteiger partial charge in [0, 0.05) is 36.6 Å². The van der Waals surface area contributed by atoms with Crippen molar-refractivity contribution in [3.8, 4) is 0 Å². The van der Waals surface area contributed by atoms with Crippen LogP contribution in [0.3, 0.4) is 0 Å². The van der Waals surface area contributed by atoms with E-state index in [-0.39, 0.29) is 6.04 Å². The first-order valence-corrected chi connectivity index (χ1v) is 7.30. The van der Waals surface area contributed by atoms with Gasteiger partial charge in [0.25, 0.3) is 0 Å². The molecule has 3 nitrogen and oxygen atoms in total. The molecule has 3 aliphatic rings. The largest absolute Gasteiger partial charge is 0.380 e. The molecule has 0 bridgehead atoms. The number of halogens is 1. The topological polar surface area (TPSA) is 24.5 Å². The quantitative estimate of drug-likeness (QED) is 0.829. The van der Waals surface area contributed by atoms with E-state index in [2.05, 4.69) is 24.1 Å². The van der Waals surface area contributed by atoms with Crippen LogP contribution in [0.4, 0.5) is 4.39 Å². The number of hydrogen-bond acceptors (Lipinski definition) is 3. The molecule has 3 fully saturated rings. The first-order valence-electron chi connectivity index (χ1n) is 7.30. The number of likely N-dealkylation sites (tertiary alicyclic amines) is 1. The van der Waals surface area contributed by atoms with Crippen molar-refractivity contribution in [1.29, 1.82) is 0 Å². The number of nitrogens with zero attached hydrogens (tertiary/aromatic N) is 1. The molecule has 0 radical (unpaired) electrons. The van der Waals surface area contributed by atoms with E-state index in [1.54, 1.807) is 0 Å². The van der Waals surface area contributed by atoms with Crippen LogP contribution in [0.2, 0.25) is 0 Å². The van der Waals surface area contributed by atoms with Gasteiger partial charge in [-0.05, 0) is 19.3 Å². The highest BCUT2D eigenvalue weighted by molar-refractivity contribution is 5.03. The van der Waals surface area contributed by atoms with Crippen LogP contribution in [0, 0.1) is 5.41 Å². The van der Waals surface area contributed by atoms with Crippen LogP contribution >= 0.6 is 0 Å². The van der Waals surface area contributed by atoms with E-state index in [1.165, 1.54) is 0 Å². The standard InChI is InChI=1S/C14H25FN2O/c1-10(2)16-13-4-3-11(5-12(13)15)17-6-14(7-17)8-18-9-14/h10-13,16H,3-9H2,1-2H3. The summed E-state index contributed by atoms with van der Waals surface area (Å²) in [4.78, 5) is 2.47. The van der Waals surface area contributed by atoms with Gasteiger partial charge < -0.3 is 10.1 Å². The van der Waals surface area contributed by atoms with Crippen molar-refractivity contribution in [1.82, 2.24) is 10.2 Å². The molecule has 3 atom stereocenters. The van der Waals surface area contributed by atoms with Gasteiger partial charge in [0.2, 0.25) is 0 Å². The van der Waals surface area contributed by atoms with Crippen molar-refractivity contribution in [3.05, 3.63) is 0 Å². The van der Waals surface area contributed by atoms with Crippen molar-refractivity contribution in [2.75, 3.05) is 26.3 Å². The summed E-state index contributed by atoms with van der Waals surface area (Å²) in [5, 5.41) is 3.35. The summed E-state index contributed by atoms with van der Waals surface area (Å²) < 4.78 is 19.4. The van der Waals surface area contributed by atoms with E-state index in [4.69, 9.17) is 4.74 Å². The van der Waals surface area contributed by atoms with Gasteiger partial charge >= 0.3 is 0 Å². The SMILES string of the molecule is CC(C)NC1CCC(N2CC3(COC3)C2)CC1F. The maximum absolute atomic E-state index is 14.2. The van der Waals surface area contributed by atoms with Gasteiger partial charge in [-0.3, -0.25) is 4.90 Å². The zero-order valence-electron chi connectivity index (χ0n) is 11.5. The average Bonchev–Trinajstić information content (AvgIpc) is 2.17. The zero-order valence-corrected chi connectivity index (χ0v) is 11.5. The van der Waals surface area contributed by atoms with Crippen molar-refractivity contribution in [2.45, 2.75) is 57.4 Å². The van der Waals surface area contributed by atoms with Crippen LogP contribution < -0.4 is 5.32 Å². The first-order chi connectivity index (χ1) is 8.58. The van der Waals surface area contributed by atoms with Gasteiger partial charge in [-0.1, -0.05) is 13.8 Å². The molecule has 3 rings (SSSR count). The molecular formula is C14H25FN2O. The average molecular weight is 256 g/mol. The molecule has 0 aromatic rings. The van der Waals surface area contributed by atoms with E-state index < -0.39 is 6.17 Å². The fraction of sp³-hybridized carbons (Fsp3) is 1.00. The number of nitrogens with one attached hydrogen (secondary N) is 1. The van der Waals surface area contributed by atoms with Crippen LogP contribution in [0.25, 0.3) is 0 Å². The molecule has 2 heterocycles. The molecule has 1 aliphatic carbocycles. The fourth-order valence-corrected chi connectivity index (χ4v) is 3.69. The third-order valence-electron chi connectivity index (χ3n) is 4.70. The number of ether oxygens (including phenoxy) is 1. The maximum atomic E-state index is 14.2. The second kappa shape index (κ2) is 4.73. The molecule has 0 amide bonds. The predicted octanol–water partition coefficient (Wildman–Crippen LogP) is 1.58. The van der Waals surface area contributed by atoms with E-state index in [0.29, 0.717) is 23.9 Å². The van der Waals surface area contributed by atoms with E-state index in [0.717, 1.165) is 39.1 Å². The molecule has 1 N–H and O–H groups in total. The Kier molecular flexibility index (Phi) is 3.37. The molecule has 2 aliphatic heterocycles. The van der Waals surface area contributed by atoms with Crippen molar-refractivity contribution >= 4 is 0 Å². The lowest BCUT2D eigenvalue weighted by Crippen LogP contribution is -2.69. The minimum atomic E-state index is -0.680. The molecule has 1 spiro atoms. The molecule has 1 saturated carbocycles. The molecular weight excluding hydrogens is 231 g/mol. The maximum Gasteiger partial charge on any atom is 0.117 e. The number of rotatable bonds is 3. The van der Waals surface area contributed by atoms with Crippen LogP contribution in [0.15, 0.2) is 0 Å². The lowest BCUT2D eigenvalue weighted by atomic mass is 9.75. The Morgan fingerprint density at radius 3 is 2.50 bits per heavy atom. The van der Waals surface area contributed by atoms with Gasteiger partial charge in [-0.2, -0.15) is 0 Å². The van der Waals surface area contributed by atoms with Crippen molar-refractivity contribution in [2.24, 2.45) is 5.41 Å². The third kappa shape index (κ3) is 2.30. The third-order valence-corrected chi connectivity index (χ3v) is 4.70. The summed E-state index contributed by atoms with van der Waals surface area (Å²) in [6.45, 7) is 8.29. The summed E-state index contributed by atoms with van der Waals surface area (Å²) in [5.74, 6) is 0. The molecule has 0 aromatic carbocycles. The van der Waals surface area contributed by atoms with Crippen LogP contribution in [0.1, 0.15) is 33.1 Å². The molecule has 0 aromatic heterocycles. The van der Waals surface area contributed by atoms with Gasteiger partial charge in [0.05, 0.1) is 13.2 Å². The number of hydrogen-bond donors (Lipinski definition) is 1. The summed E-state index contributed by atoms with van der Waals surface area (Å²) >= 11 is 0. The Bertz CT molecular complexity index is 298. The van der Waals surface area contributed by atoms with Gasteiger partial charge in [0.1, 0.15) is 6.17 Å². The summed E-state index contributed by atoms with van der Waals surface area (Å²) in [7, 11) is 0. The van der Waals surface area contributed by atoms with Crippen molar-refractivity contribution in [3.63, 3.8) is 0 Å².